The molecule has 0 radical (unpaired) electrons. The summed E-state index contributed by atoms with van der Waals surface area (Å²) in [6, 6.07) is 7.62. The monoisotopic (exact) mass is 416 g/mol. The topological polar surface area (TPSA) is 91.3 Å². The van der Waals surface area contributed by atoms with Crippen molar-refractivity contribution < 1.29 is 31.9 Å². The van der Waals surface area contributed by atoms with Gasteiger partial charge in [-0.05, 0) is 36.0 Å². The Hall–Kier alpha value is -1.19. The molecule has 0 saturated carbocycles. The van der Waals surface area contributed by atoms with Crippen molar-refractivity contribution >= 4 is 10.1 Å². The molecule has 1 aliphatic rings. The molecule has 7 nitrogen and oxygen atoms in total. The number of rotatable bonds is 10. The maximum absolute atomic E-state index is 11.4. The third-order valence-corrected chi connectivity index (χ3v) is 6.02. The summed E-state index contributed by atoms with van der Waals surface area (Å²) in [6.07, 6.45) is 0.189. The van der Waals surface area contributed by atoms with Crippen LogP contribution >= 0.6 is 0 Å². The Morgan fingerprint density at radius 3 is 2.36 bits per heavy atom. The molecule has 1 aromatic rings. The van der Waals surface area contributed by atoms with Crippen molar-refractivity contribution in [3.63, 3.8) is 0 Å². The van der Waals surface area contributed by atoms with E-state index in [1.807, 2.05) is 38.1 Å². The zero-order valence-electron chi connectivity index (χ0n) is 17.0. The molecule has 2 rings (SSSR count). The summed E-state index contributed by atoms with van der Waals surface area (Å²) in [7, 11) is -2.52. The maximum Gasteiger partial charge on any atom is 0.267 e. The Bertz CT molecular complexity index is 689. The van der Waals surface area contributed by atoms with E-state index in [-0.39, 0.29) is 17.9 Å². The first-order chi connectivity index (χ1) is 13.2. The molecule has 0 aliphatic carbocycles. The van der Waals surface area contributed by atoms with Crippen molar-refractivity contribution in [1.29, 1.82) is 0 Å². The molecule has 1 saturated heterocycles. The summed E-state index contributed by atoms with van der Waals surface area (Å²) in [5, 5.41) is 0. The predicted octanol–water partition coefficient (Wildman–Crippen LogP) is 3.28. The number of ether oxygens (including phenoxy) is 4. The molecule has 0 aromatic heterocycles. The van der Waals surface area contributed by atoms with Crippen molar-refractivity contribution in [2.75, 3.05) is 19.5 Å². The van der Waals surface area contributed by atoms with Gasteiger partial charge in [0.15, 0.2) is 6.29 Å². The lowest BCUT2D eigenvalue weighted by atomic mass is 9.84. The Labute approximate surface area is 168 Å². The van der Waals surface area contributed by atoms with Crippen LogP contribution in [-0.4, -0.2) is 50.9 Å². The quantitative estimate of drug-likeness (QED) is 0.462. The van der Waals surface area contributed by atoms with Crippen LogP contribution in [0.1, 0.15) is 39.2 Å². The van der Waals surface area contributed by atoms with Crippen molar-refractivity contribution in [3.05, 3.63) is 29.8 Å². The summed E-state index contributed by atoms with van der Waals surface area (Å²) in [5.41, 5.74) is 0.994. The fourth-order valence-corrected chi connectivity index (χ4v) is 4.08. The molecular formula is C20H32O7S. The fraction of sp³-hybridized carbons (Fsp3) is 0.700. The lowest BCUT2D eigenvalue weighted by molar-refractivity contribution is -0.278. The number of unbranched alkanes of at least 4 members (excludes halogenated alkanes) is 1. The normalized spacial score (nSPS) is 28.2. The molecule has 1 aliphatic heterocycles. The third-order valence-electron chi connectivity index (χ3n) is 5.27. The van der Waals surface area contributed by atoms with E-state index >= 15 is 0 Å². The fourth-order valence-electron chi connectivity index (χ4n) is 3.28. The molecule has 28 heavy (non-hydrogen) atoms. The first-order valence-corrected chi connectivity index (χ1v) is 11.3. The lowest BCUT2D eigenvalue weighted by Gasteiger charge is -2.44. The van der Waals surface area contributed by atoms with Crippen LogP contribution < -0.4 is 4.74 Å². The van der Waals surface area contributed by atoms with Crippen LogP contribution in [0.25, 0.3) is 0 Å². The van der Waals surface area contributed by atoms with E-state index in [2.05, 4.69) is 6.92 Å². The molecule has 0 spiro atoms. The molecule has 8 heteroatoms. The van der Waals surface area contributed by atoms with E-state index in [1.165, 1.54) is 0 Å². The highest BCUT2D eigenvalue weighted by molar-refractivity contribution is 7.85. The van der Waals surface area contributed by atoms with Gasteiger partial charge in [0.2, 0.25) is 0 Å². The first kappa shape index (κ1) is 23.1. The van der Waals surface area contributed by atoms with Gasteiger partial charge in [-0.1, -0.05) is 39.3 Å². The van der Waals surface area contributed by atoms with Crippen LogP contribution in [0.15, 0.2) is 24.3 Å². The molecule has 1 aromatic carbocycles. The van der Waals surface area contributed by atoms with E-state index in [0.29, 0.717) is 13.2 Å². The molecule has 0 unspecified atom stereocenters. The summed E-state index contributed by atoms with van der Waals surface area (Å²) in [4.78, 5) is 0. The molecule has 160 valence electrons. The number of hydrogen-bond acceptors (Lipinski definition) is 6. The van der Waals surface area contributed by atoms with Crippen LogP contribution in [0.3, 0.4) is 0 Å². The van der Waals surface area contributed by atoms with E-state index in [4.69, 9.17) is 18.9 Å². The average molecular weight is 417 g/mol. The second-order valence-electron chi connectivity index (χ2n) is 7.36. The van der Waals surface area contributed by atoms with Gasteiger partial charge >= 0.3 is 0 Å². The van der Waals surface area contributed by atoms with Gasteiger partial charge in [-0.2, -0.15) is 8.42 Å². The highest BCUT2D eigenvalue weighted by Gasteiger charge is 2.44. The van der Waals surface area contributed by atoms with Crippen LogP contribution in [0.4, 0.5) is 0 Å². The van der Waals surface area contributed by atoms with Crippen molar-refractivity contribution in [2.24, 2.45) is 11.8 Å². The minimum absolute atomic E-state index is 0.00891. The zero-order chi connectivity index (χ0) is 20.7. The second kappa shape index (κ2) is 10.5. The Morgan fingerprint density at radius 2 is 1.79 bits per heavy atom. The summed E-state index contributed by atoms with van der Waals surface area (Å²) >= 11 is 0. The molecule has 1 heterocycles. The molecule has 0 bridgehead atoms. The van der Waals surface area contributed by atoms with Crippen molar-refractivity contribution in [2.45, 2.75) is 58.7 Å². The van der Waals surface area contributed by atoms with Gasteiger partial charge in [0.05, 0.1) is 19.8 Å². The van der Waals surface area contributed by atoms with Gasteiger partial charge < -0.3 is 18.9 Å². The van der Waals surface area contributed by atoms with Crippen LogP contribution in [0.2, 0.25) is 0 Å². The van der Waals surface area contributed by atoms with Crippen molar-refractivity contribution in [1.82, 2.24) is 0 Å². The standard InChI is InChI=1S/C20H32O7S/c1-5-6-11-25-20-19(26-12-16-7-9-17(24-4)10-8-16)15(3)14(2)18(27-20)13-28(21,22)23/h7-10,14-15,18-20H,5-6,11-13H2,1-4H3,(H,21,22,23)/t14-,15-,18+,19+,20+/m0/s1. The molecule has 1 N–H and O–H groups in total. The van der Waals surface area contributed by atoms with Crippen molar-refractivity contribution in [3.8, 4) is 5.75 Å². The lowest BCUT2D eigenvalue weighted by Crippen LogP contribution is -2.53. The number of hydrogen-bond donors (Lipinski definition) is 1. The van der Waals surface area contributed by atoms with E-state index < -0.39 is 28.3 Å². The maximum atomic E-state index is 11.4. The van der Waals surface area contributed by atoms with E-state index in [1.54, 1.807) is 7.11 Å². The first-order valence-electron chi connectivity index (χ1n) is 9.72. The van der Waals surface area contributed by atoms with Gasteiger partial charge in [-0.15, -0.1) is 0 Å². The smallest absolute Gasteiger partial charge is 0.267 e. The summed E-state index contributed by atoms with van der Waals surface area (Å²) in [5.74, 6) is 0.205. The van der Waals surface area contributed by atoms with Crippen LogP contribution in [0.5, 0.6) is 5.75 Å². The average Bonchev–Trinajstić information content (AvgIpc) is 2.65. The SMILES string of the molecule is CCCCO[C@@H]1O[C@H](CS(=O)(=O)O)[C@@H](C)[C@H](C)[C@H]1OCc1ccc(OC)cc1. The summed E-state index contributed by atoms with van der Waals surface area (Å²) < 4.78 is 55.1. The predicted molar refractivity (Wildman–Crippen MR) is 106 cm³/mol. The van der Waals surface area contributed by atoms with E-state index in [0.717, 1.165) is 24.2 Å². The largest absolute Gasteiger partial charge is 0.497 e. The van der Waals surface area contributed by atoms with Crippen LogP contribution in [0, 0.1) is 11.8 Å². The minimum atomic E-state index is -4.14. The molecule has 0 amide bonds. The van der Waals surface area contributed by atoms with E-state index in [9.17, 15) is 13.0 Å². The molecule has 5 atom stereocenters. The summed E-state index contributed by atoms with van der Waals surface area (Å²) in [6.45, 7) is 6.86. The highest BCUT2D eigenvalue weighted by atomic mass is 32.2. The minimum Gasteiger partial charge on any atom is -0.497 e. The number of methoxy groups -OCH3 is 1. The van der Waals surface area contributed by atoms with Gasteiger partial charge in [-0.3, -0.25) is 4.55 Å². The van der Waals surface area contributed by atoms with Gasteiger partial charge in [0.1, 0.15) is 17.6 Å². The van der Waals surface area contributed by atoms with Gasteiger partial charge in [0.25, 0.3) is 10.1 Å². The second-order valence-corrected chi connectivity index (χ2v) is 8.85. The zero-order valence-corrected chi connectivity index (χ0v) is 17.9. The molecule has 1 fully saturated rings. The van der Waals surface area contributed by atoms with Gasteiger partial charge in [-0.25, -0.2) is 0 Å². The Morgan fingerprint density at radius 1 is 1.11 bits per heavy atom. The van der Waals surface area contributed by atoms with Crippen LogP contribution in [-0.2, 0) is 30.9 Å². The molecular weight excluding hydrogens is 384 g/mol. The Balaban J connectivity index is 2.08. The Kier molecular flexibility index (Phi) is 8.70. The number of benzene rings is 1. The highest BCUT2D eigenvalue weighted by Crippen LogP contribution is 2.34. The van der Waals surface area contributed by atoms with Gasteiger partial charge in [0, 0.05) is 6.61 Å². The third kappa shape index (κ3) is 6.70.